The molecule has 2 N–H and O–H groups in total. The molecule has 2 rings (SSSR count). The molecule has 1 saturated carbocycles. The molecule has 1 fully saturated rings. The number of rotatable bonds is 2. The van der Waals surface area contributed by atoms with Gasteiger partial charge in [0.25, 0.3) is 0 Å². The maximum atomic E-state index is 5.73. The Hall–Kier alpha value is -0.410. The molecule has 0 amide bonds. The van der Waals surface area contributed by atoms with Gasteiger partial charge in [-0.2, -0.15) is 0 Å². The zero-order valence-corrected chi connectivity index (χ0v) is 8.37. The van der Waals surface area contributed by atoms with Crippen LogP contribution in [0.25, 0.3) is 0 Å². The van der Waals surface area contributed by atoms with Crippen LogP contribution < -0.4 is 5.73 Å². The van der Waals surface area contributed by atoms with Crippen molar-refractivity contribution in [1.82, 2.24) is 4.98 Å². The summed E-state index contributed by atoms with van der Waals surface area (Å²) in [5, 5.41) is 1.26. The van der Waals surface area contributed by atoms with Crippen LogP contribution >= 0.6 is 11.3 Å². The Bertz CT molecular complexity index is 280. The fourth-order valence-corrected chi connectivity index (χ4v) is 2.53. The van der Waals surface area contributed by atoms with Crippen LogP contribution in [0, 0.1) is 13.8 Å². The maximum Gasteiger partial charge on any atom is 0.100 e. The summed E-state index contributed by atoms with van der Waals surface area (Å²) in [4.78, 5) is 5.89. The molecule has 1 aromatic rings. The molecule has 0 radical (unpaired) electrons. The molecule has 12 heavy (non-hydrogen) atoms. The molecule has 1 aliphatic carbocycles. The lowest BCUT2D eigenvalue weighted by Gasteiger charge is -2.06. The molecule has 1 aromatic heterocycles. The van der Waals surface area contributed by atoms with Gasteiger partial charge in [-0.25, -0.2) is 4.98 Å². The van der Waals surface area contributed by atoms with E-state index in [-0.39, 0.29) is 5.41 Å². The predicted molar refractivity (Wildman–Crippen MR) is 51.6 cm³/mol. The number of hydrogen-bond acceptors (Lipinski definition) is 3. The second-order valence-corrected chi connectivity index (χ2v) is 4.85. The van der Waals surface area contributed by atoms with E-state index < -0.39 is 0 Å². The van der Waals surface area contributed by atoms with Crippen LogP contribution in [0.1, 0.15) is 28.4 Å². The Morgan fingerprint density at radius 1 is 1.50 bits per heavy atom. The number of aryl methyl sites for hydroxylation is 2. The quantitative estimate of drug-likeness (QED) is 0.756. The molecule has 1 aliphatic rings. The van der Waals surface area contributed by atoms with Crippen LogP contribution in [-0.4, -0.2) is 11.5 Å². The molecule has 0 atom stereocenters. The van der Waals surface area contributed by atoms with E-state index in [0.717, 1.165) is 6.54 Å². The second kappa shape index (κ2) is 2.54. The van der Waals surface area contributed by atoms with Crippen LogP contribution in [0.15, 0.2) is 0 Å². The van der Waals surface area contributed by atoms with Crippen LogP contribution in [0.5, 0.6) is 0 Å². The lowest BCUT2D eigenvalue weighted by molar-refractivity contribution is 0.695. The van der Waals surface area contributed by atoms with Crippen LogP contribution in [0.4, 0.5) is 0 Å². The summed E-state index contributed by atoms with van der Waals surface area (Å²) >= 11 is 1.82. The Balaban J connectivity index is 2.34. The topological polar surface area (TPSA) is 38.9 Å². The first kappa shape index (κ1) is 8.20. The average molecular weight is 182 g/mol. The van der Waals surface area contributed by atoms with E-state index in [9.17, 15) is 0 Å². The third kappa shape index (κ3) is 1.08. The number of nitrogens with two attached hydrogens (primary N) is 1. The van der Waals surface area contributed by atoms with Crippen molar-refractivity contribution in [2.75, 3.05) is 6.54 Å². The van der Waals surface area contributed by atoms with Gasteiger partial charge in [0.2, 0.25) is 0 Å². The largest absolute Gasteiger partial charge is 0.329 e. The van der Waals surface area contributed by atoms with Gasteiger partial charge in [-0.15, -0.1) is 11.3 Å². The number of aromatic nitrogens is 1. The average Bonchev–Trinajstić information content (AvgIpc) is 2.77. The van der Waals surface area contributed by atoms with Gasteiger partial charge in [-0.1, -0.05) is 0 Å². The Labute approximate surface area is 76.8 Å². The first-order chi connectivity index (χ1) is 5.68. The smallest absolute Gasteiger partial charge is 0.100 e. The van der Waals surface area contributed by atoms with Gasteiger partial charge in [-0.3, -0.25) is 0 Å². The molecule has 0 unspecified atom stereocenters. The van der Waals surface area contributed by atoms with Crippen LogP contribution in [-0.2, 0) is 5.41 Å². The van der Waals surface area contributed by atoms with Gasteiger partial charge in [0.05, 0.1) is 5.69 Å². The van der Waals surface area contributed by atoms with Crippen molar-refractivity contribution in [3.63, 3.8) is 0 Å². The number of nitrogens with zero attached hydrogens (tertiary/aromatic N) is 1. The molecule has 0 spiro atoms. The third-order valence-corrected chi connectivity index (χ3v) is 4.05. The molecule has 0 aliphatic heterocycles. The van der Waals surface area contributed by atoms with Gasteiger partial charge in [0.15, 0.2) is 0 Å². The van der Waals surface area contributed by atoms with E-state index in [0.29, 0.717) is 0 Å². The molecule has 2 nitrogen and oxygen atoms in total. The normalized spacial score (nSPS) is 19.6. The third-order valence-electron chi connectivity index (χ3n) is 2.73. The van der Waals surface area contributed by atoms with Crippen molar-refractivity contribution in [2.24, 2.45) is 5.73 Å². The van der Waals surface area contributed by atoms with Crippen molar-refractivity contribution >= 4 is 11.3 Å². The highest BCUT2D eigenvalue weighted by Crippen LogP contribution is 2.48. The number of thiazole rings is 1. The summed E-state index contributed by atoms with van der Waals surface area (Å²) in [7, 11) is 0. The first-order valence-corrected chi connectivity index (χ1v) is 5.14. The number of hydrogen-bond donors (Lipinski definition) is 1. The predicted octanol–water partition coefficient (Wildman–Crippen LogP) is 1.75. The van der Waals surface area contributed by atoms with E-state index in [1.54, 1.807) is 0 Å². The molecule has 1 heterocycles. The van der Waals surface area contributed by atoms with Crippen molar-refractivity contribution in [2.45, 2.75) is 32.1 Å². The van der Waals surface area contributed by atoms with Crippen molar-refractivity contribution < 1.29 is 0 Å². The second-order valence-electron chi connectivity index (χ2n) is 3.65. The molecule has 0 bridgehead atoms. The molecular formula is C9H14N2S. The minimum Gasteiger partial charge on any atom is -0.329 e. The van der Waals surface area contributed by atoms with E-state index in [1.807, 2.05) is 11.3 Å². The minimum atomic E-state index is 0.281. The van der Waals surface area contributed by atoms with Crippen molar-refractivity contribution in [3.8, 4) is 0 Å². The molecule has 3 heteroatoms. The van der Waals surface area contributed by atoms with E-state index in [2.05, 4.69) is 18.8 Å². The van der Waals surface area contributed by atoms with Crippen molar-refractivity contribution in [1.29, 1.82) is 0 Å². The van der Waals surface area contributed by atoms with E-state index in [4.69, 9.17) is 5.73 Å². The SMILES string of the molecule is Cc1nc(C2(CN)CC2)sc1C. The maximum absolute atomic E-state index is 5.73. The molecule has 0 saturated heterocycles. The van der Waals surface area contributed by atoms with Gasteiger partial charge in [0.1, 0.15) is 5.01 Å². The lowest BCUT2D eigenvalue weighted by atomic mass is 10.1. The fourth-order valence-electron chi connectivity index (χ4n) is 1.36. The van der Waals surface area contributed by atoms with E-state index in [1.165, 1.54) is 28.4 Å². The highest BCUT2D eigenvalue weighted by Gasteiger charge is 2.45. The van der Waals surface area contributed by atoms with E-state index >= 15 is 0 Å². The monoisotopic (exact) mass is 182 g/mol. The summed E-state index contributed by atoms with van der Waals surface area (Å²) in [6.07, 6.45) is 2.46. The Morgan fingerprint density at radius 2 is 2.17 bits per heavy atom. The standard InChI is InChI=1S/C9H14N2S/c1-6-7(2)12-8(11-6)9(5-10)3-4-9/h3-5,10H2,1-2H3. The Kier molecular flexibility index (Phi) is 1.73. The molecule has 66 valence electrons. The zero-order valence-electron chi connectivity index (χ0n) is 7.55. The zero-order chi connectivity index (χ0) is 8.77. The Morgan fingerprint density at radius 3 is 2.50 bits per heavy atom. The van der Waals surface area contributed by atoms with Crippen LogP contribution in [0.3, 0.4) is 0 Å². The summed E-state index contributed by atoms with van der Waals surface area (Å²) in [6.45, 7) is 4.96. The van der Waals surface area contributed by atoms with Crippen molar-refractivity contribution in [3.05, 3.63) is 15.6 Å². The van der Waals surface area contributed by atoms with Gasteiger partial charge >= 0.3 is 0 Å². The van der Waals surface area contributed by atoms with Crippen LogP contribution in [0.2, 0.25) is 0 Å². The van der Waals surface area contributed by atoms with Gasteiger partial charge in [0, 0.05) is 16.8 Å². The lowest BCUT2D eigenvalue weighted by Crippen LogP contribution is -2.19. The first-order valence-electron chi connectivity index (χ1n) is 4.32. The summed E-state index contributed by atoms with van der Waals surface area (Å²) in [6, 6.07) is 0. The van der Waals surface area contributed by atoms with Gasteiger partial charge < -0.3 is 5.73 Å². The summed E-state index contributed by atoms with van der Waals surface area (Å²) in [5.74, 6) is 0. The molecular weight excluding hydrogens is 168 g/mol. The summed E-state index contributed by atoms with van der Waals surface area (Å²) < 4.78 is 0. The molecule has 0 aromatic carbocycles. The van der Waals surface area contributed by atoms with Gasteiger partial charge in [-0.05, 0) is 26.7 Å². The minimum absolute atomic E-state index is 0.281. The fraction of sp³-hybridized carbons (Fsp3) is 0.667. The highest BCUT2D eigenvalue weighted by atomic mass is 32.1. The highest BCUT2D eigenvalue weighted by molar-refractivity contribution is 7.11. The summed E-state index contributed by atoms with van der Waals surface area (Å²) in [5.41, 5.74) is 7.18.